The zero-order valence-corrected chi connectivity index (χ0v) is 21.0. The number of benzene rings is 3. The van der Waals surface area contributed by atoms with Gasteiger partial charge in [-0.15, -0.1) is 0 Å². The van der Waals surface area contributed by atoms with Crippen LogP contribution < -0.4 is 14.2 Å². The lowest BCUT2D eigenvalue weighted by Gasteiger charge is -2.13. The molecule has 1 aliphatic rings. The number of hydrogen-bond acceptors (Lipinski definition) is 8. The minimum Gasteiger partial charge on any atom is -0.493 e. The number of hydrogen-bond donors (Lipinski definition) is 0. The van der Waals surface area contributed by atoms with Crippen LogP contribution in [0.2, 0.25) is 0 Å². The Morgan fingerprint density at radius 2 is 1.76 bits per heavy atom. The second-order valence-corrected chi connectivity index (χ2v) is 9.07. The standard InChI is InChI=1S/C27H24N2O7S/c1-18-7-10-21(11-8-18)35-14-13-28-26(30)25(37-27(28)31)16-19-9-12-23(24(15-19)34-2)36-17-20-5-3-4-6-22(20)29(32)33/h3-12,15-16H,13-14,17H2,1-2H3/b25-16-. The van der Waals surface area contributed by atoms with Crippen LogP contribution in [-0.2, 0) is 11.4 Å². The molecule has 0 N–H and O–H groups in total. The van der Waals surface area contributed by atoms with Gasteiger partial charge in [-0.25, -0.2) is 0 Å². The summed E-state index contributed by atoms with van der Waals surface area (Å²) < 4.78 is 16.8. The van der Waals surface area contributed by atoms with Crippen LogP contribution in [0.1, 0.15) is 16.7 Å². The SMILES string of the molecule is COc1cc(/C=C2\SC(=O)N(CCOc3ccc(C)cc3)C2=O)ccc1OCc1ccccc1[N+](=O)[O-]. The van der Waals surface area contributed by atoms with Crippen LogP contribution in [-0.4, -0.2) is 41.2 Å². The number of carbonyl (C=O) groups excluding carboxylic acids is 2. The number of aryl methyl sites for hydroxylation is 1. The first kappa shape index (κ1) is 25.8. The van der Waals surface area contributed by atoms with E-state index in [1.165, 1.54) is 13.2 Å². The van der Waals surface area contributed by atoms with Crippen molar-refractivity contribution in [1.82, 2.24) is 4.90 Å². The van der Waals surface area contributed by atoms with Crippen LogP contribution in [0.15, 0.2) is 71.6 Å². The summed E-state index contributed by atoms with van der Waals surface area (Å²) in [7, 11) is 1.47. The molecule has 3 aromatic carbocycles. The fraction of sp³-hybridized carbons (Fsp3) is 0.185. The molecule has 0 aromatic heterocycles. The summed E-state index contributed by atoms with van der Waals surface area (Å²) >= 11 is 0.861. The van der Waals surface area contributed by atoms with Gasteiger partial charge >= 0.3 is 0 Å². The molecule has 2 amide bonds. The topological polar surface area (TPSA) is 108 Å². The monoisotopic (exact) mass is 520 g/mol. The Bertz CT molecular complexity index is 1360. The third-order valence-corrected chi connectivity index (χ3v) is 6.44. The minimum absolute atomic E-state index is 0.0175. The number of carbonyl (C=O) groups is 2. The van der Waals surface area contributed by atoms with Crippen molar-refractivity contribution in [2.24, 2.45) is 0 Å². The minimum atomic E-state index is -0.458. The number of nitro benzene ring substituents is 1. The molecular weight excluding hydrogens is 496 g/mol. The molecule has 1 aliphatic heterocycles. The van der Waals surface area contributed by atoms with E-state index in [1.807, 2.05) is 31.2 Å². The normalized spacial score (nSPS) is 14.2. The predicted octanol–water partition coefficient (Wildman–Crippen LogP) is 5.61. The van der Waals surface area contributed by atoms with Crippen LogP contribution in [0, 0.1) is 17.0 Å². The van der Waals surface area contributed by atoms with Crippen molar-refractivity contribution >= 4 is 34.7 Å². The Hall–Kier alpha value is -4.31. The number of nitrogens with zero attached hydrogens (tertiary/aromatic N) is 2. The molecule has 0 spiro atoms. The van der Waals surface area contributed by atoms with Crippen molar-refractivity contribution in [2.45, 2.75) is 13.5 Å². The highest BCUT2D eigenvalue weighted by molar-refractivity contribution is 8.18. The maximum absolute atomic E-state index is 12.8. The average Bonchev–Trinajstić information content (AvgIpc) is 3.16. The summed E-state index contributed by atoms with van der Waals surface area (Å²) in [6.07, 6.45) is 1.61. The van der Waals surface area contributed by atoms with Gasteiger partial charge in [-0.3, -0.25) is 24.6 Å². The van der Waals surface area contributed by atoms with Crippen molar-refractivity contribution in [1.29, 1.82) is 0 Å². The summed E-state index contributed by atoms with van der Waals surface area (Å²) in [6, 6.07) is 18.9. The fourth-order valence-corrected chi connectivity index (χ4v) is 4.46. The predicted molar refractivity (Wildman–Crippen MR) is 140 cm³/mol. The first-order chi connectivity index (χ1) is 17.9. The van der Waals surface area contributed by atoms with E-state index >= 15 is 0 Å². The molecule has 10 heteroatoms. The number of rotatable bonds is 10. The van der Waals surface area contributed by atoms with Crippen molar-refractivity contribution in [3.63, 3.8) is 0 Å². The van der Waals surface area contributed by atoms with E-state index in [9.17, 15) is 19.7 Å². The highest BCUT2D eigenvalue weighted by atomic mass is 32.2. The van der Waals surface area contributed by atoms with Crippen LogP contribution in [0.4, 0.5) is 10.5 Å². The van der Waals surface area contributed by atoms with Gasteiger partial charge in [-0.05, 0) is 60.7 Å². The van der Waals surface area contributed by atoms with Gasteiger partial charge in [0, 0.05) is 6.07 Å². The molecule has 0 atom stereocenters. The van der Waals surface area contributed by atoms with Crippen LogP contribution >= 0.6 is 11.8 Å². The lowest BCUT2D eigenvalue weighted by molar-refractivity contribution is -0.385. The van der Waals surface area contributed by atoms with Gasteiger partial charge in [-0.1, -0.05) is 35.9 Å². The summed E-state index contributed by atoms with van der Waals surface area (Å²) in [5.74, 6) is 1.06. The summed E-state index contributed by atoms with van der Waals surface area (Å²) in [5, 5.41) is 10.9. The van der Waals surface area contributed by atoms with Gasteiger partial charge in [0.2, 0.25) is 0 Å². The number of thioether (sulfide) groups is 1. The highest BCUT2D eigenvalue weighted by Crippen LogP contribution is 2.35. The van der Waals surface area contributed by atoms with Crippen molar-refractivity contribution in [3.8, 4) is 17.2 Å². The molecule has 0 bridgehead atoms. The lowest BCUT2D eigenvalue weighted by atomic mass is 10.1. The molecule has 1 heterocycles. The van der Waals surface area contributed by atoms with Gasteiger partial charge < -0.3 is 14.2 Å². The van der Waals surface area contributed by atoms with E-state index in [2.05, 4.69) is 0 Å². The number of amides is 2. The smallest absolute Gasteiger partial charge is 0.293 e. The fourth-order valence-electron chi connectivity index (χ4n) is 3.59. The molecule has 190 valence electrons. The number of nitro groups is 1. The maximum atomic E-state index is 12.8. The molecule has 0 saturated carbocycles. The van der Waals surface area contributed by atoms with Crippen LogP contribution in [0.5, 0.6) is 17.2 Å². The molecule has 0 aliphatic carbocycles. The molecule has 1 fully saturated rings. The van der Waals surface area contributed by atoms with Gasteiger partial charge in [0.1, 0.15) is 19.0 Å². The van der Waals surface area contributed by atoms with Crippen LogP contribution in [0.25, 0.3) is 6.08 Å². The number of ether oxygens (including phenoxy) is 3. The number of methoxy groups -OCH3 is 1. The van der Waals surface area contributed by atoms with Crippen molar-refractivity contribution in [2.75, 3.05) is 20.3 Å². The van der Waals surface area contributed by atoms with Crippen molar-refractivity contribution < 1.29 is 28.7 Å². The third kappa shape index (κ3) is 6.28. The van der Waals surface area contributed by atoms with E-state index in [0.717, 1.165) is 22.2 Å². The lowest BCUT2D eigenvalue weighted by Crippen LogP contribution is -2.32. The summed E-state index contributed by atoms with van der Waals surface area (Å²) in [5.41, 5.74) is 2.15. The Morgan fingerprint density at radius 3 is 2.49 bits per heavy atom. The molecule has 37 heavy (non-hydrogen) atoms. The zero-order chi connectivity index (χ0) is 26.4. The first-order valence-electron chi connectivity index (χ1n) is 11.3. The number of para-hydroxylation sites is 1. The largest absolute Gasteiger partial charge is 0.493 e. The Kier molecular flexibility index (Phi) is 8.09. The quantitative estimate of drug-likeness (QED) is 0.193. The van der Waals surface area contributed by atoms with E-state index in [1.54, 1.807) is 42.5 Å². The van der Waals surface area contributed by atoms with Gasteiger partial charge in [0.05, 0.1) is 29.0 Å². The summed E-state index contributed by atoms with van der Waals surface area (Å²) in [4.78, 5) is 37.5. The average molecular weight is 521 g/mol. The van der Waals surface area contributed by atoms with E-state index in [-0.39, 0.29) is 35.6 Å². The zero-order valence-electron chi connectivity index (χ0n) is 20.2. The van der Waals surface area contributed by atoms with E-state index in [0.29, 0.717) is 28.4 Å². The molecule has 0 unspecified atom stereocenters. The Balaban J connectivity index is 1.41. The Labute approximate surface area is 217 Å². The highest BCUT2D eigenvalue weighted by Gasteiger charge is 2.34. The van der Waals surface area contributed by atoms with Crippen molar-refractivity contribution in [3.05, 3.63) is 98.4 Å². The number of imide groups is 1. The molecule has 4 rings (SSSR count). The molecule has 1 saturated heterocycles. The second kappa shape index (κ2) is 11.6. The Morgan fingerprint density at radius 1 is 1.00 bits per heavy atom. The maximum Gasteiger partial charge on any atom is 0.293 e. The summed E-state index contributed by atoms with van der Waals surface area (Å²) in [6.45, 7) is 2.28. The van der Waals surface area contributed by atoms with Gasteiger partial charge in [-0.2, -0.15) is 0 Å². The first-order valence-corrected chi connectivity index (χ1v) is 12.2. The molecule has 3 aromatic rings. The van der Waals surface area contributed by atoms with E-state index in [4.69, 9.17) is 14.2 Å². The van der Waals surface area contributed by atoms with Gasteiger partial charge in [0.15, 0.2) is 11.5 Å². The third-order valence-electron chi connectivity index (χ3n) is 5.54. The van der Waals surface area contributed by atoms with Gasteiger partial charge in [0.25, 0.3) is 16.8 Å². The second-order valence-electron chi connectivity index (χ2n) is 8.08. The molecule has 9 nitrogen and oxygen atoms in total. The molecular formula is C27H24N2O7S. The van der Waals surface area contributed by atoms with Crippen LogP contribution in [0.3, 0.4) is 0 Å². The van der Waals surface area contributed by atoms with E-state index < -0.39 is 10.8 Å². The molecule has 0 radical (unpaired) electrons.